The van der Waals surface area contributed by atoms with E-state index in [1.165, 1.54) is 19.2 Å². The van der Waals surface area contributed by atoms with Crippen LogP contribution >= 0.6 is 11.6 Å². The van der Waals surface area contributed by atoms with Crippen molar-refractivity contribution in [3.8, 4) is 5.75 Å². The molecule has 1 unspecified atom stereocenters. The van der Waals surface area contributed by atoms with Crippen molar-refractivity contribution in [2.24, 2.45) is 0 Å². The molecule has 0 bridgehead atoms. The van der Waals surface area contributed by atoms with E-state index < -0.39 is 21.9 Å². The van der Waals surface area contributed by atoms with E-state index in [0.29, 0.717) is 24.3 Å². The second-order valence-corrected chi connectivity index (χ2v) is 6.70. The molecule has 7 heteroatoms. The third-order valence-electron chi connectivity index (χ3n) is 2.83. The number of halogens is 2. The van der Waals surface area contributed by atoms with Gasteiger partial charge in [0, 0.05) is 11.9 Å². The van der Waals surface area contributed by atoms with Crippen LogP contribution in [0.3, 0.4) is 0 Å². The van der Waals surface area contributed by atoms with Crippen molar-refractivity contribution >= 4 is 21.6 Å². The summed E-state index contributed by atoms with van der Waals surface area (Å²) in [5.74, 6) is 0.0707. The monoisotopic (exact) mass is 323 g/mol. The Kier molecular flexibility index (Phi) is 6.71. The Morgan fingerprint density at radius 1 is 1.40 bits per heavy atom. The predicted molar refractivity (Wildman–Crippen MR) is 78.2 cm³/mol. The van der Waals surface area contributed by atoms with E-state index in [0.717, 1.165) is 0 Å². The summed E-state index contributed by atoms with van der Waals surface area (Å²) in [5.41, 5.74) is 0.546. The van der Waals surface area contributed by atoms with Crippen molar-refractivity contribution in [1.82, 2.24) is 4.72 Å². The van der Waals surface area contributed by atoms with Crippen molar-refractivity contribution in [2.75, 3.05) is 18.7 Å². The standard InChI is InChI=1S/C13H19ClFNO3S/c1-10(16-20(17,18)8-4-3-7-14)11-5-6-13(19-2)12(15)9-11/h5-6,9-10,16H,3-4,7-8H2,1-2H3. The van der Waals surface area contributed by atoms with Crippen LogP contribution in [0.15, 0.2) is 18.2 Å². The van der Waals surface area contributed by atoms with E-state index in [4.69, 9.17) is 16.3 Å². The Hall–Kier alpha value is -0.850. The Morgan fingerprint density at radius 2 is 2.10 bits per heavy atom. The lowest BCUT2D eigenvalue weighted by atomic mass is 10.1. The second-order valence-electron chi connectivity index (χ2n) is 4.45. The fourth-order valence-corrected chi connectivity index (χ4v) is 3.30. The third kappa shape index (κ3) is 5.26. The highest BCUT2D eigenvalue weighted by atomic mass is 35.5. The van der Waals surface area contributed by atoms with Gasteiger partial charge < -0.3 is 4.74 Å². The molecule has 0 heterocycles. The van der Waals surface area contributed by atoms with Gasteiger partial charge in [-0.1, -0.05) is 6.07 Å². The van der Waals surface area contributed by atoms with Gasteiger partial charge in [-0.3, -0.25) is 0 Å². The summed E-state index contributed by atoms with van der Waals surface area (Å²) < 4.78 is 44.6. The molecule has 114 valence electrons. The Balaban J connectivity index is 2.70. The summed E-state index contributed by atoms with van der Waals surface area (Å²) in [5, 5.41) is 0. The Labute approximate surface area is 124 Å². The Morgan fingerprint density at radius 3 is 2.65 bits per heavy atom. The van der Waals surface area contributed by atoms with Gasteiger partial charge in [-0.2, -0.15) is 0 Å². The molecular formula is C13H19ClFNO3S. The molecule has 0 aliphatic rings. The highest BCUT2D eigenvalue weighted by molar-refractivity contribution is 7.89. The number of sulfonamides is 1. The van der Waals surface area contributed by atoms with E-state index in [1.807, 2.05) is 0 Å². The first kappa shape index (κ1) is 17.2. The van der Waals surface area contributed by atoms with Crippen molar-refractivity contribution < 1.29 is 17.5 Å². The molecule has 1 rings (SSSR count). The van der Waals surface area contributed by atoms with Crippen LogP contribution in [0.25, 0.3) is 0 Å². The van der Waals surface area contributed by atoms with Gasteiger partial charge in [0.15, 0.2) is 11.6 Å². The van der Waals surface area contributed by atoms with Gasteiger partial charge in [0.2, 0.25) is 10.0 Å². The molecule has 0 aromatic heterocycles. The number of rotatable bonds is 8. The molecule has 20 heavy (non-hydrogen) atoms. The summed E-state index contributed by atoms with van der Waals surface area (Å²) in [6.45, 7) is 1.67. The molecule has 0 aliphatic carbocycles. The van der Waals surface area contributed by atoms with Gasteiger partial charge in [0.1, 0.15) is 0 Å². The van der Waals surface area contributed by atoms with Crippen LogP contribution in [0.5, 0.6) is 5.75 Å². The van der Waals surface area contributed by atoms with Gasteiger partial charge in [0.05, 0.1) is 12.9 Å². The zero-order valence-corrected chi connectivity index (χ0v) is 13.1. The van der Waals surface area contributed by atoms with Gasteiger partial charge >= 0.3 is 0 Å². The van der Waals surface area contributed by atoms with E-state index in [2.05, 4.69) is 4.72 Å². The number of hydrogen-bond acceptors (Lipinski definition) is 3. The van der Waals surface area contributed by atoms with Crippen LogP contribution in [-0.2, 0) is 10.0 Å². The molecular weight excluding hydrogens is 305 g/mol. The molecule has 0 spiro atoms. The van der Waals surface area contributed by atoms with Gasteiger partial charge in [-0.15, -0.1) is 11.6 Å². The predicted octanol–water partition coefficient (Wildman–Crippen LogP) is 2.83. The van der Waals surface area contributed by atoms with Crippen LogP contribution in [0.4, 0.5) is 4.39 Å². The summed E-state index contributed by atoms with van der Waals surface area (Å²) in [4.78, 5) is 0. The van der Waals surface area contributed by atoms with Gasteiger partial charge in [0.25, 0.3) is 0 Å². The molecule has 0 aliphatic heterocycles. The Bertz CT molecular complexity index is 536. The quantitative estimate of drug-likeness (QED) is 0.591. The van der Waals surface area contributed by atoms with Crippen LogP contribution in [0.2, 0.25) is 0 Å². The molecule has 1 N–H and O–H groups in total. The highest BCUT2D eigenvalue weighted by Gasteiger charge is 2.16. The zero-order chi connectivity index (χ0) is 15.2. The van der Waals surface area contributed by atoms with Crippen molar-refractivity contribution in [1.29, 1.82) is 0 Å². The van der Waals surface area contributed by atoms with Gasteiger partial charge in [-0.05, 0) is 37.5 Å². The molecule has 0 saturated carbocycles. The fourth-order valence-electron chi connectivity index (χ4n) is 1.73. The molecule has 1 aromatic carbocycles. The number of alkyl halides is 1. The smallest absolute Gasteiger partial charge is 0.212 e. The number of nitrogens with one attached hydrogen (secondary N) is 1. The van der Waals surface area contributed by atoms with Crippen molar-refractivity contribution in [3.05, 3.63) is 29.6 Å². The first-order valence-electron chi connectivity index (χ1n) is 6.29. The van der Waals surface area contributed by atoms with E-state index in [9.17, 15) is 12.8 Å². The lowest BCUT2D eigenvalue weighted by Crippen LogP contribution is -2.29. The SMILES string of the molecule is COc1ccc(C(C)NS(=O)(=O)CCCCCl)cc1F. The lowest BCUT2D eigenvalue weighted by molar-refractivity contribution is 0.386. The maximum Gasteiger partial charge on any atom is 0.212 e. The molecule has 1 atom stereocenters. The van der Waals surface area contributed by atoms with Crippen LogP contribution in [-0.4, -0.2) is 27.2 Å². The number of hydrogen-bond donors (Lipinski definition) is 1. The number of benzene rings is 1. The molecule has 1 aromatic rings. The lowest BCUT2D eigenvalue weighted by Gasteiger charge is -2.15. The van der Waals surface area contributed by atoms with Crippen molar-refractivity contribution in [3.63, 3.8) is 0 Å². The van der Waals surface area contributed by atoms with Crippen molar-refractivity contribution in [2.45, 2.75) is 25.8 Å². The van der Waals surface area contributed by atoms with Gasteiger partial charge in [-0.25, -0.2) is 17.5 Å². The minimum absolute atomic E-state index is 0.0166. The second kappa shape index (κ2) is 7.81. The summed E-state index contributed by atoms with van der Waals surface area (Å²) in [7, 11) is -2.02. The zero-order valence-electron chi connectivity index (χ0n) is 11.5. The fraction of sp³-hybridized carbons (Fsp3) is 0.538. The van der Waals surface area contributed by atoms with Crippen LogP contribution < -0.4 is 9.46 Å². The average Bonchev–Trinajstić information content (AvgIpc) is 2.38. The summed E-state index contributed by atoms with van der Waals surface area (Å²) >= 11 is 5.51. The summed E-state index contributed by atoms with van der Waals surface area (Å²) in [6.07, 6.45) is 1.15. The molecule has 0 fully saturated rings. The third-order valence-corrected chi connectivity index (χ3v) is 4.63. The largest absolute Gasteiger partial charge is 0.494 e. The van der Waals surface area contributed by atoms with E-state index in [-0.39, 0.29) is 11.5 Å². The number of methoxy groups -OCH3 is 1. The minimum atomic E-state index is -3.39. The minimum Gasteiger partial charge on any atom is -0.494 e. The molecule has 0 amide bonds. The maximum absolute atomic E-state index is 13.6. The maximum atomic E-state index is 13.6. The number of ether oxygens (including phenoxy) is 1. The molecule has 4 nitrogen and oxygen atoms in total. The highest BCUT2D eigenvalue weighted by Crippen LogP contribution is 2.22. The first-order valence-corrected chi connectivity index (χ1v) is 8.47. The first-order chi connectivity index (χ1) is 9.39. The van der Waals surface area contributed by atoms with Crippen LogP contribution in [0, 0.1) is 5.82 Å². The topological polar surface area (TPSA) is 55.4 Å². The van der Waals surface area contributed by atoms with Crippen LogP contribution in [0.1, 0.15) is 31.4 Å². The molecule has 0 saturated heterocycles. The average molecular weight is 324 g/mol. The van der Waals surface area contributed by atoms with E-state index in [1.54, 1.807) is 13.0 Å². The van der Waals surface area contributed by atoms with E-state index >= 15 is 0 Å². The normalized spacial score (nSPS) is 13.2. The molecule has 0 radical (unpaired) electrons. The number of unbranched alkanes of at least 4 members (excludes halogenated alkanes) is 1. The summed E-state index contributed by atoms with van der Waals surface area (Å²) in [6, 6.07) is 3.87.